The lowest BCUT2D eigenvalue weighted by Gasteiger charge is -2.36. The summed E-state index contributed by atoms with van der Waals surface area (Å²) in [5, 5.41) is 2.96. The molecule has 0 radical (unpaired) electrons. The fraction of sp³-hybridized carbons (Fsp3) is 0.643. The summed E-state index contributed by atoms with van der Waals surface area (Å²) in [6.07, 6.45) is 12.1. The number of carbonyl (C=O) groups excluding carboxylic acids is 2. The Bertz CT molecular complexity index is 824. The minimum absolute atomic E-state index is 0.0359. The van der Waals surface area contributed by atoms with E-state index >= 15 is 0 Å². The third kappa shape index (κ3) is 10.3. The predicted molar refractivity (Wildman–Crippen MR) is 141 cm³/mol. The quantitative estimate of drug-likeness (QED) is 0.280. The molecular formula is C28H45N3O4. The van der Waals surface area contributed by atoms with Crippen LogP contribution < -0.4 is 20.5 Å². The van der Waals surface area contributed by atoms with Crippen LogP contribution in [0.1, 0.15) is 84.1 Å². The maximum Gasteiger partial charge on any atom is 0.415 e. The smallest absolute Gasteiger partial charge is 0.415 e. The van der Waals surface area contributed by atoms with Crippen LogP contribution in [0.3, 0.4) is 0 Å². The van der Waals surface area contributed by atoms with Crippen molar-refractivity contribution in [2.75, 3.05) is 13.7 Å². The summed E-state index contributed by atoms with van der Waals surface area (Å²) in [6, 6.07) is 5.58. The molecule has 1 saturated heterocycles. The molecule has 3 N–H and O–H groups in total. The van der Waals surface area contributed by atoms with Crippen LogP contribution in [-0.2, 0) is 11.3 Å². The highest BCUT2D eigenvalue weighted by molar-refractivity contribution is 5.76. The molecule has 7 heteroatoms. The molecular weight excluding hydrogens is 442 g/mol. The number of nitrogens with zero attached hydrogens (tertiary/aromatic N) is 1. The Morgan fingerprint density at radius 3 is 2.74 bits per heavy atom. The van der Waals surface area contributed by atoms with E-state index in [1.54, 1.807) is 19.2 Å². The maximum atomic E-state index is 13.0. The van der Waals surface area contributed by atoms with E-state index in [1.807, 2.05) is 11.0 Å². The van der Waals surface area contributed by atoms with Gasteiger partial charge in [0.15, 0.2) is 11.5 Å². The second-order valence-corrected chi connectivity index (χ2v) is 9.79. The Hall–Kier alpha value is -2.54. The van der Waals surface area contributed by atoms with Gasteiger partial charge in [0.2, 0.25) is 5.91 Å². The SMILES string of the molecule is CCC(N)CC1CCCCN1C(=O)Oc1ccc(CNC(=O)CCCC/C=C/C(C)C)cc1OC. The number of amides is 2. The molecule has 2 unspecified atom stereocenters. The van der Waals surface area contributed by atoms with Crippen molar-refractivity contribution in [2.45, 2.75) is 97.2 Å². The van der Waals surface area contributed by atoms with E-state index in [-0.39, 0.29) is 24.1 Å². The van der Waals surface area contributed by atoms with Gasteiger partial charge < -0.3 is 25.4 Å². The zero-order valence-corrected chi connectivity index (χ0v) is 22.1. The second-order valence-electron chi connectivity index (χ2n) is 9.79. The average molecular weight is 488 g/mol. The van der Waals surface area contributed by atoms with Crippen LogP contribution in [0, 0.1) is 5.92 Å². The highest BCUT2D eigenvalue weighted by atomic mass is 16.6. The van der Waals surface area contributed by atoms with E-state index in [0.717, 1.165) is 56.9 Å². The van der Waals surface area contributed by atoms with Gasteiger partial charge in [0.05, 0.1) is 7.11 Å². The van der Waals surface area contributed by atoms with E-state index in [9.17, 15) is 9.59 Å². The number of methoxy groups -OCH3 is 1. The summed E-state index contributed by atoms with van der Waals surface area (Å²) < 4.78 is 11.2. The number of rotatable bonds is 13. The number of unbranched alkanes of at least 4 members (excludes halogenated alkanes) is 2. The van der Waals surface area contributed by atoms with Crippen LogP contribution in [-0.4, -0.2) is 42.6 Å². The molecule has 1 aliphatic heterocycles. The number of likely N-dealkylation sites (tertiary alicyclic amines) is 1. The lowest BCUT2D eigenvalue weighted by atomic mass is 9.95. The molecule has 196 valence electrons. The first-order valence-electron chi connectivity index (χ1n) is 13.2. The van der Waals surface area contributed by atoms with E-state index in [4.69, 9.17) is 15.2 Å². The Morgan fingerprint density at radius 1 is 1.23 bits per heavy atom. The average Bonchev–Trinajstić information content (AvgIpc) is 2.85. The van der Waals surface area contributed by atoms with Gasteiger partial charge in [-0.2, -0.15) is 0 Å². The van der Waals surface area contributed by atoms with E-state index in [1.165, 1.54) is 0 Å². The zero-order valence-electron chi connectivity index (χ0n) is 22.1. The van der Waals surface area contributed by atoms with Gasteiger partial charge in [0.25, 0.3) is 0 Å². The standard InChI is InChI=1S/C28H45N3O4/c1-5-23(29)19-24-13-10-11-17-31(24)28(33)35-25-16-15-22(18-26(25)34-4)20-30-27(32)14-9-7-6-8-12-21(2)3/h8,12,15-16,18,21,23-24H,5-7,9-11,13-14,17,19-20,29H2,1-4H3,(H,30,32)/b12-8+. The largest absolute Gasteiger partial charge is 0.493 e. The summed E-state index contributed by atoms with van der Waals surface area (Å²) in [7, 11) is 1.55. The van der Waals surface area contributed by atoms with Crippen LogP contribution in [0.15, 0.2) is 30.4 Å². The van der Waals surface area contributed by atoms with E-state index < -0.39 is 0 Å². The van der Waals surface area contributed by atoms with Crippen molar-refractivity contribution >= 4 is 12.0 Å². The number of nitrogens with one attached hydrogen (secondary N) is 1. The Kier molecular flexibility index (Phi) is 12.7. The molecule has 1 aromatic rings. The lowest BCUT2D eigenvalue weighted by molar-refractivity contribution is -0.121. The first-order chi connectivity index (χ1) is 16.8. The molecule has 0 aliphatic carbocycles. The van der Waals surface area contributed by atoms with Crippen LogP contribution in [0.2, 0.25) is 0 Å². The molecule has 0 aromatic heterocycles. The molecule has 2 rings (SSSR count). The molecule has 1 aromatic carbocycles. The summed E-state index contributed by atoms with van der Waals surface area (Å²) >= 11 is 0. The molecule has 0 spiro atoms. The number of benzene rings is 1. The van der Waals surface area contributed by atoms with Gasteiger partial charge in [-0.1, -0.05) is 39.0 Å². The van der Waals surface area contributed by atoms with Crippen LogP contribution in [0.25, 0.3) is 0 Å². The van der Waals surface area contributed by atoms with Crippen molar-refractivity contribution in [1.82, 2.24) is 10.2 Å². The van der Waals surface area contributed by atoms with E-state index in [0.29, 0.717) is 36.9 Å². The topological polar surface area (TPSA) is 93.9 Å². The van der Waals surface area contributed by atoms with Crippen LogP contribution in [0.5, 0.6) is 11.5 Å². The van der Waals surface area contributed by atoms with E-state index in [2.05, 4.69) is 38.2 Å². The van der Waals surface area contributed by atoms with Crippen LogP contribution >= 0.6 is 0 Å². The number of nitrogens with two attached hydrogens (primary N) is 1. The molecule has 2 amide bonds. The number of carbonyl (C=O) groups is 2. The highest BCUT2D eigenvalue weighted by Crippen LogP contribution is 2.30. The number of hydrogen-bond donors (Lipinski definition) is 2. The Labute approximate surface area is 211 Å². The minimum atomic E-state index is -0.361. The van der Waals surface area contributed by atoms with Crippen molar-refractivity contribution in [2.24, 2.45) is 11.7 Å². The molecule has 35 heavy (non-hydrogen) atoms. The number of piperidine rings is 1. The Balaban J connectivity index is 1.86. The van der Waals surface area contributed by atoms with Crippen LogP contribution in [0.4, 0.5) is 4.79 Å². The molecule has 0 saturated carbocycles. The summed E-state index contributed by atoms with van der Waals surface area (Å²) in [5.41, 5.74) is 7.04. The molecule has 2 atom stereocenters. The first-order valence-corrected chi connectivity index (χ1v) is 13.2. The van der Waals surface area contributed by atoms with Gasteiger partial charge in [-0.25, -0.2) is 4.79 Å². The van der Waals surface area contributed by atoms with Crippen molar-refractivity contribution in [3.63, 3.8) is 0 Å². The molecule has 0 bridgehead atoms. The monoisotopic (exact) mass is 487 g/mol. The highest BCUT2D eigenvalue weighted by Gasteiger charge is 2.29. The van der Waals surface area contributed by atoms with Gasteiger partial charge in [-0.05, 0) is 75.0 Å². The van der Waals surface area contributed by atoms with Gasteiger partial charge in [0.1, 0.15) is 0 Å². The summed E-state index contributed by atoms with van der Waals surface area (Å²) in [4.78, 5) is 27.0. The number of allylic oxidation sites excluding steroid dienone is 2. The zero-order chi connectivity index (χ0) is 25.6. The lowest BCUT2D eigenvalue weighted by Crippen LogP contribution is -2.47. The number of ether oxygens (including phenoxy) is 2. The summed E-state index contributed by atoms with van der Waals surface area (Å²) in [6.45, 7) is 7.46. The molecule has 7 nitrogen and oxygen atoms in total. The minimum Gasteiger partial charge on any atom is -0.493 e. The first kappa shape index (κ1) is 28.7. The van der Waals surface area contributed by atoms with Gasteiger partial charge in [-0.15, -0.1) is 0 Å². The molecule has 1 heterocycles. The maximum absolute atomic E-state index is 13.0. The molecule has 1 aliphatic rings. The summed E-state index contributed by atoms with van der Waals surface area (Å²) in [5.74, 6) is 1.46. The fourth-order valence-corrected chi connectivity index (χ4v) is 4.27. The number of hydrogen-bond acceptors (Lipinski definition) is 5. The molecule has 1 fully saturated rings. The predicted octanol–water partition coefficient (Wildman–Crippen LogP) is 5.56. The normalized spacial score (nSPS) is 17.0. The Morgan fingerprint density at radius 2 is 2.03 bits per heavy atom. The van der Waals surface area contributed by atoms with Crippen molar-refractivity contribution < 1.29 is 19.1 Å². The van der Waals surface area contributed by atoms with Gasteiger partial charge in [0, 0.05) is 31.6 Å². The van der Waals surface area contributed by atoms with Crippen molar-refractivity contribution in [3.05, 3.63) is 35.9 Å². The second kappa shape index (κ2) is 15.5. The van der Waals surface area contributed by atoms with Crippen molar-refractivity contribution in [3.8, 4) is 11.5 Å². The van der Waals surface area contributed by atoms with Gasteiger partial charge >= 0.3 is 6.09 Å². The fourth-order valence-electron chi connectivity index (χ4n) is 4.27. The van der Waals surface area contributed by atoms with Crippen molar-refractivity contribution in [1.29, 1.82) is 0 Å². The van der Waals surface area contributed by atoms with Gasteiger partial charge in [-0.3, -0.25) is 4.79 Å². The third-order valence-electron chi connectivity index (χ3n) is 6.42. The third-order valence-corrected chi connectivity index (χ3v) is 6.42.